The summed E-state index contributed by atoms with van der Waals surface area (Å²) in [7, 11) is 0. The zero-order chi connectivity index (χ0) is 14.9. The summed E-state index contributed by atoms with van der Waals surface area (Å²) in [5.74, 6) is -0.0765. The van der Waals surface area contributed by atoms with Crippen LogP contribution in [0.4, 0.5) is 5.13 Å². The molecule has 0 spiro atoms. The Bertz CT molecular complexity index is 704. The monoisotopic (exact) mass is 314 g/mol. The van der Waals surface area contributed by atoms with Crippen LogP contribution in [0, 0.1) is 0 Å². The molecule has 1 N–H and O–H groups in total. The van der Waals surface area contributed by atoms with Crippen molar-refractivity contribution < 1.29 is 9.53 Å². The van der Waals surface area contributed by atoms with Gasteiger partial charge in [0.05, 0.1) is 5.69 Å². The minimum atomic E-state index is -0.313. The van der Waals surface area contributed by atoms with Crippen LogP contribution in [0.15, 0.2) is 23.6 Å². The summed E-state index contributed by atoms with van der Waals surface area (Å²) in [4.78, 5) is 16.6. The SMILES string of the molecule is O=C(Nc1nc(-c2ccc3c(c2)CCC3)cs1)C1CCCO1. The molecule has 0 radical (unpaired) electrons. The number of anilines is 1. The average molecular weight is 314 g/mol. The molecule has 1 amide bonds. The van der Waals surface area contributed by atoms with Crippen LogP contribution in [0.1, 0.15) is 30.4 Å². The summed E-state index contributed by atoms with van der Waals surface area (Å²) in [6.07, 6.45) is 5.04. The lowest BCUT2D eigenvalue weighted by molar-refractivity contribution is -0.124. The standard InChI is InChI=1S/C17H18N2O2S/c20-16(15-5-2-8-21-15)19-17-18-14(10-22-17)13-7-6-11-3-1-4-12(11)9-13/h6-7,9-10,15H,1-5,8H2,(H,18,19,20). The van der Waals surface area contributed by atoms with Gasteiger partial charge in [0.25, 0.3) is 5.91 Å². The molecule has 1 atom stereocenters. The fraction of sp³-hybridized carbons (Fsp3) is 0.412. The Balaban J connectivity index is 1.50. The van der Waals surface area contributed by atoms with E-state index in [1.807, 2.05) is 5.38 Å². The van der Waals surface area contributed by atoms with E-state index in [9.17, 15) is 4.79 Å². The maximum absolute atomic E-state index is 12.0. The zero-order valence-electron chi connectivity index (χ0n) is 12.3. The molecule has 1 aromatic heterocycles. The molecule has 22 heavy (non-hydrogen) atoms. The van der Waals surface area contributed by atoms with Crippen LogP contribution in [-0.4, -0.2) is 23.6 Å². The minimum absolute atomic E-state index is 0.0765. The first kappa shape index (κ1) is 13.9. The molecule has 2 aromatic rings. The Labute approximate surface area is 133 Å². The highest BCUT2D eigenvalue weighted by atomic mass is 32.1. The number of carbonyl (C=O) groups is 1. The highest BCUT2D eigenvalue weighted by Gasteiger charge is 2.24. The van der Waals surface area contributed by atoms with E-state index in [1.54, 1.807) is 0 Å². The number of nitrogens with one attached hydrogen (secondary N) is 1. The van der Waals surface area contributed by atoms with Gasteiger partial charge in [-0.1, -0.05) is 12.1 Å². The van der Waals surface area contributed by atoms with E-state index in [0.29, 0.717) is 11.7 Å². The first-order valence-corrected chi connectivity index (χ1v) is 8.68. The second-order valence-corrected chi connectivity index (χ2v) is 6.72. The lowest BCUT2D eigenvalue weighted by Gasteiger charge is -2.07. The Morgan fingerprint density at radius 1 is 1.27 bits per heavy atom. The van der Waals surface area contributed by atoms with Crippen LogP contribution in [0.2, 0.25) is 0 Å². The van der Waals surface area contributed by atoms with Crippen LogP contribution in [0.5, 0.6) is 0 Å². The van der Waals surface area contributed by atoms with Crippen LogP contribution < -0.4 is 5.32 Å². The number of aromatic nitrogens is 1. The topological polar surface area (TPSA) is 51.2 Å². The van der Waals surface area contributed by atoms with Crippen LogP contribution in [-0.2, 0) is 22.4 Å². The molecule has 4 nitrogen and oxygen atoms in total. The first-order valence-electron chi connectivity index (χ1n) is 7.80. The number of amides is 1. The van der Waals surface area contributed by atoms with Crippen LogP contribution in [0.3, 0.4) is 0 Å². The van der Waals surface area contributed by atoms with Crippen molar-refractivity contribution in [1.29, 1.82) is 0 Å². The number of thiazole rings is 1. The second-order valence-electron chi connectivity index (χ2n) is 5.87. The van der Waals surface area contributed by atoms with Crippen molar-refractivity contribution in [2.24, 2.45) is 0 Å². The molecular weight excluding hydrogens is 296 g/mol. The molecule has 0 saturated carbocycles. The molecule has 2 aliphatic rings. The van der Waals surface area contributed by atoms with E-state index in [4.69, 9.17) is 4.74 Å². The molecule has 2 heterocycles. The van der Waals surface area contributed by atoms with Crippen molar-refractivity contribution in [3.63, 3.8) is 0 Å². The van der Waals surface area contributed by atoms with Gasteiger partial charge in [0.2, 0.25) is 0 Å². The predicted molar refractivity (Wildman–Crippen MR) is 87.2 cm³/mol. The highest BCUT2D eigenvalue weighted by Crippen LogP contribution is 2.30. The van der Waals surface area contributed by atoms with Gasteiger partial charge in [-0.05, 0) is 49.3 Å². The maximum Gasteiger partial charge on any atom is 0.255 e. The molecule has 5 heteroatoms. The number of carbonyl (C=O) groups excluding carboxylic acids is 1. The summed E-state index contributed by atoms with van der Waals surface area (Å²) in [5, 5.41) is 5.52. The third-order valence-electron chi connectivity index (χ3n) is 4.35. The number of hydrogen-bond acceptors (Lipinski definition) is 4. The van der Waals surface area contributed by atoms with Gasteiger partial charge in [-0.2, -0.15) is 0 Å². The van der Waals surface area contributed by atoms with Gasteiger partial charge in [0, 0.05) is 17.6 Å². The summed E-state index contributed by atoms with van der Waals surface area (Å²) < 4.78 is 5.39. The number of benzene rings is 1. The van der Waals surface area contributed by atoms with Crippen molar-refractivity contribution in [3.05, 3.63) is 34.7 Å². The average Bonchev–Trinajstić information content (AvgIpc) is 3.27. The van der Waals surface area contributed by atoms with E-state index in [2.05, 4.69) is 28.5 Å². The summed E-state index contributed by atoms with van der Waals surface area (Å²) in [6.45, 7) is 0.677. The molecule has 1 unspecified atom stereocenters. The molecular formula is C17H18N2O2S. The van der Waals surface area contributed by atoms with Gasteiger partial charge >= 0.3 is 0 Å². The fourth-order valence-electron chi connectivity index (χ4n) is 3.17. The lowest BCUT2D eigenvalue weighted by Crippen LogP contribution is -2.26. The highest BCUT2D eigenvalue weighted by molar-refractivity contribution is 7.14. The Kier molecular flexibility index (Phi) is 3.68. The largest absolute Gasteiger partial charge is 0.368 e. The predicted octanol–water partition coefficient (Wildman–Crippen LogP) is 3.42. The minimum Gasteiger partial charge on any atom is -0.368 e. The Morgan fingerprint density at radius 2 is 2.18 bits per heavy atom. The number of ether oxygens (including phenoxy) is 1. The van der Waals surface area contributed by atoms with E-state index >= 15 is 0 Å². The number of nitrogens with zero attached hydrogens (tertiary/aromatic N) is 1. The van der Waals surface area contributed by atoms with Gasteiger partial charge < -0.3 is 4.74 Å². The third kappa shape index (κ3) is 2.66. The van der Waals surface area contributed by atoms with Crippen molar-refractivity contribution >= 4 is 22.4 Å². The van der Waals surface area contributed by atoms with Gasteiger partial charge in [-0.15, -0.1) is 11.3 Å². The van der Waals surface area contributed by atoms with Gasteiger partial charge in [0.1, 0.15) is 6.10 Å². The first-order chi connectivity index (χ1) is 10.8. The molecule has 1 aliphatic heterocycles. The van der Waals surface area contributed by atoms with E-state index in [-0.39, 0.29) is 12.0 Å². The van der Waals surface area contributed by atoms with Crippen LogP contribution in [0.25, 0.3) is 11.3 Å². The van der Waals surface area contributed by atoms with Crippen molar-refractivity contribution in [3.8, 4) is 11.3 Å². The summed E-state index contributed by atoms with van der Waals surface area (Å²) in [5.41, 5.74) is 4.97. The maximum atomic E-state index is 12.0. The molecule has 114 valence electrons. The third-order valence-corrected chi connectivity index (χ3v) is 5.11. The molecule has 1 saturated heterocycles. The number of fused-ring (bicyclic) bond motifs is 1. The molecule has 1 aromatic carbocycles. The normalized spacial score (nSPS) is 20.1. The quantitative estimate of drug-likeness (QED) is 0.944. The number of rotatable bonds is 3. The van der Waals surface area contributed by atoms with E-state index in [0.717, 1.165) is 30.5 Å². The Morgan fingerprint density at radius 3 is 3.05 bits per heavy atom. The van der Waals surface area contributed by atoms with E-state index < -0.39 is 0 Å². The van der Waals surface area contributed by atoms with Crippen molar-refractivity contribution in [2.75, 3.05) is 11.9 Å². The van der Waals surface area contributed by atoms with Gasteiger partial charge in [0.15, 0.2) is 5.13 Å². The Hall–Kier alpha value is -1.72. The molecule has 0 bridgehead atoms. The zero-order valence-corrected chi connectivity index (χ0v) is 13.1. The number of hydrogen-bond donors (Lipinski definition) is 1. The molecule has 1 fully saturated rings. The molecule has 4 rings (SSSR count). The van der Waals surface area contributed by atoms with Crippen molar-refractivity contribution in [1.82, 2.24) is 4.98 Å². The summed E-state index contributed by atoms with van der Waals surface area (Å²) in [6, 6.07) is 6.58. The molecule has 1 aliphatic carbocycles. The van der Waals surface area contributed by atoms with Gasteiger partial charge in [-0.3, -0.25) is 10.1 Å². The lowest BCUT2D eigenvalue weighted by atomic mass is 10.1. The van der Waals surface area contributed by atoms with Crippen molar-refractivity contribution in [2.45, 2.75) is 38.2 Å². The van der Waals surface area contributed by atoms with Gasteiger partial charge in [-0.25, -0.2) is 4.98 Å². The number of aryl methyl sites for hydroxylation is 2. The fourth-order valence-corrected chi connectivity index (χ4v) is 3.89. The summed E-state index contributed by atoms with van der Waals surface area (Å²) >= 11 is 1.47. The smallest absolute Gasteiger partial charge is 0.255 e. The van der Waals surface area contributed by atoms with Crippen LogP contribution >= 0.6 is 11.3 Å². The van der Waals surface area contributed by atoms with E-state index in [1.165, 1.54) is 35.3 Å². The second kappa shape index (κ2) is 5.82.